The largest absolute Gasteiger partial charge is 0.416 e. The van der Waals surface area contributed by atoms with Crippen molar-refractivity contribution in [2.45, 2.75) is 25.7 Å². The highest BCUT2D eigenvalue weighted by Crippen LogP contribution is 2.32. The van der Waals surface area contributed by atoms with E-state index >= 15 is 0 Å². The molecule has 128 valence electrons. The van der Waals surface area contributed by atoms with Crippen molar-refractivity contribution in [1.29, 1.82) is 0 Å². The molecule has 2 aromatic rings. The zero-order chi connectivity index (χ0) is 17.7. The molecule has 0 aliphatic rings. The Labute approximate surface area is 139 Å². The number of carbonyl (C=O) groups excluding carboxylic acids is 1. The molecule has 0 aliphatic heterocycles. The first kappa shape index (κ1) is 17.8. The lowest BCUT2D eigenvalue weighted by Crippen LogP contribution is -2.38. The average molecular weight is 336 g/mol. The summed E-state index contributed by atoms with van der Waals surface area (Å²) in [4.78, 5) is 13.5. The predicted molar refractivity (Wildman–Crippen MR) is 86.3 cm³/mol. The van der Waals surface area contributed by atoms with Gasteiger partial charge in [0.25, 0.3) is 0 Å². The summed E-state index contributed by atoms with van der Waals surface area (Å²) in [5, 5.41) is 2.78. The summed E-state index contributed by atoms with van der Waals surface area (Å²) < 4.78 is 39.0. The lowest BCUT2D eigenvalue weighted by atomic mass is 10.1. The summed E-state index contributed by atoms with van der Waals surface area (Å²) in [5.41, 5.74) is 0.269. The van der Waals surface area contributed by atoms with E-state index in [-0.39, 0.29) is 18.2 Å². The van der Waals surface area contributed by atoms with Gasteiger partial charge in [0.05, 0.1) is 11.6 Å². The van der Waals surface area contributed by atoms with Crippen molar-refractivity contribution < 1.29 is 18.0 Å². The van der Waals surface area contributed by atoms with Gasteiger partial charge in [-0.2, -0.15) is 13.2 Å². The maximum absolute atomic E-state index is 13.0. The summed E-state index contributed by atoms with van der Waals surface area (Å²) in [6.07, 6.45) is -4.44. The summed E-state index contributed by atoms with van der Waals surface area (Å²) in [6.45, 7) is 1.70. The number of halogens is 3. The molecule has 0 spiro atoms. The fraction of sp³-hybridized carbons (Fsp3) is 0.278. The van der Waals surface area contributed by atoms with Crippen LogP contribution in [0.2, 0.25) is 0 Å². The van der Waals surface area contributed by atoms with Crippen LogP contribution in [0.4, 0.5) is 18.0 Å². The van der Waals surface area contributed by atoms with Gasteiger partial charge in [-0.15, -0.1) is 0 Å². The first-order valence-electron chi connectivity index (χ1n) is 7.50. The summed E-state index contributed by atoms with van der Waals surface area (Å²) in [5.74, 6) is 0. The van der Waals surface area contributed by atoms with Gasteiger partial charge in [0.1, 0.15) is 0 Å². The highest BCUT2D eigenvalue weighted by Gasteiger charge is 2.33. The van der Waals surface area contributed by atoms with Gasteiger partial charge in [-0.05, 0) is 24.1 Å². The Hall–Kier alpha value is -2.50. The Morgan fingerprint density at radius 3 is 2.29 bits per heavy atom. The van der Waals surface area contributed by atoms with E-state index in [1.807, 2.05) is 37.3 Å². The molecular weight excluding hydrogens is 317 g/mol. The summed E-state index contributed by atoms with van der Waals surface area (Å²) in [6, 6.07) is 14.0. The zero-order valence-corrected chi connectivity index (χ0v) is 13.5. The molecule has 3 nitrogen and oxygen atoms in total. The fourth-order valence-corrected chi connectivity index (χ4v) is 2.38. The molecule has 24 heavy (non-hydrogen) atoms. The van der Waals surface area contributed by atoms with Gasteiger partial charge >= 0.3 is 12.2 Å². The van der Waals surface area contributed by atoms with Crippen LogP contribution in [0.3, 0.4) is 0 Å². The molecule has 0 heterocycles. The second-order valence-corrected chi connectivity index (χ2v) is 5.59. The number of amides is 2. The molecule has 0 bridgehead atoms. The van der Waals surface area contributed by atoms with Crippen molar-refractivity contribution in [2.24, 2.45) is 0 Å². The molecule has 0 unspecified atom stereocenters. The number of urea groups is 1. The Bertz CT molecular complexity index is 686. The Morgan fingerprint density at radius 2 is 1.67 bits per heavy atom. The Morgan fingerprint density at radius 1 is 1.08 bits per heavy atom. The minimum absolute atomic E-state index is 0.0648. The van der Waals surface area contributed by atoms with Crippen LogP contribution in [0.15, 0.2) is 54.6 Å². The highest BCUT2D eigenvalue weighted by molar-refractivity contribution is 5.74. The Balaban J connectivity index is 2.05. The van der Waals surface area contributed by atoms with Crippen molar-refractivity contribution in [3.63, 3.8) is 0 Å². The second kappa shape index (κ2) is 7.38. The monoisotopic (exact) mass is 336 g/mol. The molecule has 2 amide bonds. The van der Waals surface area contributed by atoms with Gasteiger partial charge in [-0.3, -0.25) is 0 Å². The van der Waals surface area contributed by atoms with E-state index in [9.17, 15) is 18.0 Å². The first-order chi connectivity index (χ1) is 11.3. The topological polar surface area (TPSA) is 32.3 Å². The van der Waals surface area contributed by atoms with E-state index in [0.29, 0.717) is 0 Å². The van der Waals surface area contributed by atoms with Crippen molar-refractivity contribution in [3.05, 3.63) is 71.3 Å². The Kier molecular flexibility index (Phi) is 5.49. The number of rotatable bonds is 4. The highest BCUT2D eigenvalue weighted by atomic mass is 19.4. The van der Waals surface area contributed by atoms with Crippen molar-refractivity contribution >= 4 is 6.03 Å². The van der Waals surface area contributed by atoms with Crippen LogP contribution in [0, 0.1) is 0 Å². The summed E-state index contributed by atoms with van der Waals surface area (Å²) >= 11 is 0. The van der Waals surface area contributed by atoms with E-state index in [1.165, 1.54) is 30.1 Å². The van der Waals surface area contributed by atoms with Gasteiger partial charge in [-0.1, -0.05) is 48.5 Å². The summed E-state index contributed by atoms with van der Waals surface area (Å²) in [7, 11) is 1.47. The molecule has 0 fully saturated rings. The molecule has 0 radical (unpaired) electrons. The quantitative estimate of drug-likeness (QED) is 0.869. The molecule has 2 aromatic carbocycles. The van der Waals surface area contributed by atoms with Gasteiger partial charge < -0.3 is 10.2 Å². The van der Waals surface area contributed by atoms with Gasteiger partial charge in [0.15, 0.2) is 0 Å². The number of alkyl halides is 3. The van der Waals surface area contributed by atoms with Crippen molar-refractivity contribution in [2.75, 3.05) is 7.05 Å². The minimum atomic E-state index is -4.44. The third kappa shape index (κ3) is 4.50. The number of benzene rings is 2. The van der Waals surface area contributed by atoms with Crippen molar-refractivity contribution in [3.8, 4) is 0 Å². The number of hydrogen-bond acceptors (Lipinski definition) is 1. The third-order valence-corrected chi connectivity index (χ3v) is 3.72. The number of hydrogen-bond donors (Lipinski definition) is 1. The van der Waals surface area contributed by atoms with E-state index in [1.54, 1.807) is 0 Å². The van der Waals surface area contributed by atoms with Crippen LogP contribution in [0.25, 0.3) is 0 Å². The maximum atomic E-state index is 13.0. The molecular formula is C18H19F3N2O. The van der Waals surface area contributed by atoms with Crippen molar-refractivity contribution in [1.82, 2.24) is 10.2 Å². The fourth-order valence-electron chi connectivity index (χ4n) is 2.38. The van der Waals surface area contributed by atoms with Crippen LogP contribution in [-0.2, 0) is 12.7 Å². The van der Waals surface area contributed by atoms with E-state index in [0.717, 1.165) is 11.6 Å². The SMILES string of the molecule is C[C@@H](NC(=O)N(C)Cc1ccccc1C(F)(F)F)c1ccccc1. The zero-order valence-electron chi connectivity index (χ0n) is 13.5. The van der Waals surface area contributed by atoms with Gasteiger partial charge in [0, 0.05) is 13.6 Å². The second-order valence-electron chi connectivity index (χ2n) is 5.59. The number of carbonyl (C=O) groups is 1. The standard InChI is InChI=1S/C18H19F3N2O/c1-13(14-8-4-3-5-9-14)22-17(24)23(2)12-15-10-6-7-11-16(15)18(19,20)21/h3-11,13H,12H2,1-2H3,(H,22,24)/t13-/m1/s1. The number of nitrogens with one attached hydrogen (secondary N) is 1. The van der Waals surface area contributed by atoms with Crippen LogP contribution in [0.5, 0.6) is 0 Å². The third-order valence-electron chi connectivity index (χ3n) is 3.72. The molecule has 0 saturated heterocycles. The van der Waals surface area contributed by atoms with Gasteiger partial charge in [0.2, 0.25) is 0 Å². The smallest absolute Gasteiger partial charge is 0.331 e. The predicted octanol–water partition coefficient (Wildman–Crippen LogP) is 4.61. The number of nitrogens with zero attached hydrogens (tertiary/aromatic N) is 1. The van der Waals surface area contributed by atoms with Crippen LogP contribution >= 0.6 is 0 Å². The maximum Gasteiger partial charge on any atom is 0.416 e. The molecule has 1 atom stereocenters. The molecule has 0 saturated carbocycles. The van der Waals surface area contributed by atoms with Crippen LogP contribution < -0.4 is 5.32 Å². The van der Waals surface area contributed by atoms with E-state index < -0.39 is 17.8 Å². The molecule has 6 heteroatoms. The lowest BCUT2D eigenvalue weighted by Gasteiger charge is -2.23. The average Bonchev–Trinajstić information content (AvgIpc) is 2.55. The minimum Gasteiger partial charge on any atom is -0.331 e. The molecule has 0 aromatic heterocycles. The molecule has 0 aliphatic carbocycles. The van der Waals surface area contributed by atoms with Gasteiger partial charge in [-0.25, -0.2) is 4.79 Å². The van der Waals surface area contributed by atoms with Crippen LogP contribution in [0.1, 0.15) is 29.7 Å². The normalized spacial score (nSPS) is 12.5. The van der Waals surface area contributed by atoms with Crippen LogP contribution in [-0.4, -0.2) is 18.0 Å². The first-order valence-corrected chi connectivity index (χ1v) is 7.50. The molecule has 2 rings (SSSR count). The molecule has 1 N–H and O–H groups in total. The van der Waals surface area contributed by atoms with E-state index in [4.69, 9.17) is 0 Å². The lowest BCUT2D eigenvalue weighted by molar-refractivity contribution is -0.138. The van der Waals surface area contributed by atoms with E-state index in [2.05, 4.69) is 5.32 Å².